The number of nitrogens with one attached hydrogen (secondary N) is 4. The second-order valence-electron chi connectivity index (χ2n) is 35.4. The SMILES string of the molecule is Cc1ccc(NC(=O)c2cccc(C(F)(F)F)c2)cc1-c1cc(N2CCOCC2)c(=O)n(CC#N)c1.Cc1ccc(NC(=O)c2cccc(C(F)(F)F)c2)cc1-c1cc(N2CCOCC2)c(=O)n(CCS(C)(=O)=O)c1.Cc1ccc(NC(=O)c2cccc(C(F)(F)F)c2)cc1-c1cc(N2CCOCC2)c(=O)n([C@@H](C)C#N)c1.Cc1ccc(NC(=O)c2cccc(C(F)(F)F)c2)cc1-c1cc(N2CCOCC2)c(=O)n([C@H](C)C#N)c1. The summed E-state index contributed by atoms with van der Waals surface area (Å²) < 4.78 is 207. The van der Waals surface area contributed by atoms with E-state index in [-0.39, 0.29) is 63.3 Å². The maximum absolute atomic E-state index is 13.3. The number of aromatic nitrogens is 4. The molecule has 4 saturated heterocycles. The second kappa shape index (κ2) is 47.7. The second-order valence-corrected chi connectivity index (χ2v) is 37.6. The van der Waals surface area contributed by atoms with Crippen LogP contribution in [0.5, 0.6) is 0 Å². The highest BCUT2D eigenvalue weighted by atomic mass is 32.2. The minimum absolute atomic E-state index is 0.0339. The molecular weight excluding hydrogens is 1980 g/mol. The van der Waals surface area contributed by atoms with E-state index < -0.39 is 92.5 Å². The van der Waals surface area contributed by atoms with Crippen molar-refractivity contribution in [1.82, 2.24) is 18.3 Å². The van der Waals surface area contributed by atoms with E-state index in [0.29, 0.717) is 195 Å². The largest absolute Gasteiger partial charge is 0.416 e. The average Bonchev–Trinajstić information content (AvgIpc) is 0.790. The highest BCUT2D eigenvalue weighted by Gasteiger charge is 2.36. The van der Waals surface area contributed by atoms with Gasteiger partial charge < -0.3 is 64.4 Å². The lowest BCUT2D eigenvalue weighted by molar-refractivity contribution is -0.138. The molecule has 0 bridgehead atoms. The van der Waals surface area contributed by atoms with Crippen LogP contribution in [0.1, 0.15) is 112 Å². The van der Waals surface area contributed by atoms with E-state index in [1.54, 1.807) is 136 Å². The van der Waals surface area contributed by atoms with Crippen LogP contribution >= 0.6 is 0 Å². The Morgan fingerprint density at radius 3 is 0.832 bits per heavy atom. The van der Waals surface area contributed by atoms with Crippen LogP contribution in [0.15, 0.2) is 238 Å². The zero-order valence-corrected chi connectivity index (χ0v) is 82.3. The Hall–Kier alpha value is -15.9. The molecule has 4 aliphatic rings. The number of aryl methyl sites for hydroxylation is 5. The van der Waals surface area contributed by atoms with Gasteiger partial charge in [-0.15, -0.1) is 0 Å². The van der Waals surface area contributed by atoms with Crippen molar-refractivity contribution >= 4 is 79.0 Å². The predicted molar refractivity (Wildman–Crippen MR) is 539 cm³/mol. The number of benzene rings is 8. The van der Waals surface area contributed by atoms with Gasteiger partial charge in [-0.1, -0.05) is 48.5 Å². The van der Waals surface area contributed by atoms with Crippen molar-refractivity contribution in [3.8, 4) is 62.7 Å². The smallest absolute Gasteiger partial charge is 0.378 e. The Bertz CT molecular complexity index is 7310. The molecule has 4 N–H and O–H groups in total. The number of nitriles is 3. The van der Waals surface area contributed by atoms with Gasteiger partial charge in [0, 0.05) is 157 Å². The zero-order chi connectivity index (χ0) is 108. The third-order valence-corrected chi connectivity index (χ3v) is 25.7. The molecule has 778 valence electrons. The minimum Gasteiger partial charge on any atom is -0.378 e. The number of hydrogen-bond donors (Lipinski definition) is 4. The number of carbonyl (C=O) groups excluding carboxylic acids is 4. The van der Waals surface area contributed by atoms with Crippen molar-refractivity contribution in [1.29, 1.82) is 15.8 Å². The highest BCUT2D eigenvalue weighted by Crippen LogP contribution is 2.39. The molecule has 0 unspecified atom stereocenters. The summed E-state index contributed by atoms with van der Waals surface area (Å²) in [6.07, 6.45) is -10.8. The molecule has 8 aromatic carbocycles. The first-order chi connectivity index (χ1) is 70.6. The molecule has 42 heteroatoms. The molecule has 2 atom stereocenters. The van der Waals surface area contributed by atoms with E-state index in [2.05, 4.69) is 33.4 Å². The molecule has 12 aromatic rings. The molecule has 8 heterocycles. The summed E-state index contributed by atoms with van der Waals surface area (Å²) in [6.45, 7) is 18.5. The fourth-order valence-corrected chi connectivity index (χ4v) is 17.2. The van der Waals surface area contributed by atoms with E-state index in [0.717, 1.165) is 77.0 Å². The Kier molecular flexibility index (Phi) is 35.3. The number of anilines is 8. The van der Waals surface area contributed by atoms with Crippen LogP contribution in [-0.2, 0) is 66.6 Å². The molecule has 0 spiro atoms. The average molecular weight is 2080 g/mol. The molecule has 4 aliphatic heterocycles. The van der Waals surface area contributed by atoms with E-state index in [4.69, 9.17) is 18.9 Å². The molecule has 0 radical (unpaired) electrons. The molecular formula is C107H101F12N15O14S. The predicted octanol–water partition coefficient (Wildman–Crippen LogP) is 18.5. The summed E-state index contributed by atoms with van der Waals surface area (Å²) in [4.78, 5) is 111. The maximum Gasteiger partial charge on any atom is 0.416 e. The number of halogens is 12. The molecule has 4 fully saturated rings. The fourth-order valence-electron chi connectivity index (χ4n) is 16.7. The zero-order valence-electron chi connectivity index (χ0n) is 81.5. The third-order valence-electron chi connectivity index (χ3n) is 24.8. The van der Waals surface area contributed by atoms with Gasteiger partial charge in [0.05, 0.1) is 99.1 Å². The van der Waals surface area contributed by atoms with E-state index in [9.17, 15) is 115 Å². The number of alkyl halides is 12. The number of ether oxygens (including phenoxy) is 4. The Morgan fingerprint density at radius 1 is 0.349 bits per heavy atom. The number of amides is 4. The van der Waals surface area contributed by atoms with E-state index in [1.807, 2.05) is 53.4 Å². The van der Waals surface area contributed by atoms with Crippen LogP contribution in [0, 0.1) is 61.7 Å². The summed E-state index contributed by atoms with van der Waals surface area (Å²) in [5, 5.41) is 38.8. The van der Waals surface area contributed by atoms with Crippen LogP contribution in [0.25, 0.3) is 44.5 Å². The van der Waals surface area contributed by atoms with Gasteiger partial charge >= 0.3 is 24.7 Å². The summed E-state index contributed by atoms with van der Waals surface area (Å²) in [6, 6.07) is 49.0. The van der Waals surface area contributed by atoms with Crippen molar-refractivity contribution in [2.75, 3.05) is 158 Å². The van der Waals surface area contributed by atoms with Crippen LogP contribution in [-0.4, -0.2) is 168 Å². The van der Waals surface area contributed by atoms with Crippen LogP contribution in [0.4, 0.5) is 98.2 Å². The van der Waals surface area contributed by atoms with Gasteiger partial charge in [-0.25, -0.2) is 8.42 Å². The van der Waals surface area contributed by atoms with Crippen molar-refractivity contribution in [3.05, 3.63) is 327 Å². The van der Waals surface area contributed by atoms with Crippen molar-refractivity contribution in [2.24, 2.45) is 0 Å². The number of morpholine rings is 4. The van der Waals surface area contributed by atoms with Crippen LogP contribution < -0.4 is 63.1 Å². The lowest BCUT2D eigenvalue weighted by Crippen LogP contribution is -2.40. The van der Waals surface area contributed by atoms with Crippen molar-refractivity contribution < 1.29 is 99.2 Å². The Morgan fingerprint density at radius 2 is 0.591 bits per heavy atom. The van der Waals surface area contributed by atoms with Gasteiger partial charge in [-0.05, 0) is 232 Å². The van der Waals surface area contributed by atoms with Crippen molar-refractivity contribution in [2.45, 2.75) is 91.4 Å². The monoisotopic (exact) mass is 2080 g/mol. The van der Waals surface area contributed by atoms with Crippen molar-refractivity contribution in [3.63, 3.8) is 0 Å². The molecule has 29 nitrogen and oxygen atoms in total. The van der Waals surface area contributed by atoms with E-state index >= 15 is 0 Å². The third kappa shape index (κ3) is 28.3. The Balaban J connectivity index is 0.000000166. The fraction of sp³-hybridized carbons (Fsp3) is 0.299. The number of carbonyl (C=O) groups is 4. The molecule has 0 aliphatic carbocycles. The molecule has 0 saturated carbocycles. The van der Waals surface area contributed by atoms with Gasteiger partial charge in [0.25, 0.3) is 45.9 Å². The number of hydrogen-bond acceptors (Lipinski definition) is 21. The lowest BCUT2D eigenvalue weighted by atomic mass is 10.00. The minimum atomic E-state index is -4.58. The normalized spacial score (nSPS) is 14.4. The first-order valence-electron chi connectivity index (χ1n) is 46.7. The standard InChI is InChI=1S/2C27H25F3N4O3.C27H28F3N3O5S.C26H23F3N4O3/c2*1-17-6-7-22(32-25(35)19-4-3-5-21(12-19)27(28,29)30)14-23(17)20-13-24(33-8-10-37-11-9-33)26(36)34(16-20)18(2)15-31;1-18-6-7-22(31-25(34)19-4-3-5-21(14-19)27(28,29)30)16-23(18)20-15-24(32-8-11-38-12-9-32)26(35)33(17-20)10-13-39(2,36)37;1-17-5-6-21(31-24(34)18-3-2-4-20(13-18)26(27,28)29)15-22(17)19-14-23(32-9-11-36-12-10-32)25(35)33(16-19)8-7-30/h2*3-7,12-14,16,18H,8-11H2,1-2H3,(H,32,35);3-7,14-17H,8-13H2,1-2H3,(H,31,34);2-6,13-16H,8-12H2,1H3,(H,31,34)/t2*18-;;/m10../s1. The number of nitrogens with zero attached hydrogens (tertiary/aromatic N) is 11. The topological polar surface area (TPSA) is 360 Å². The summed E-state index contributed by atoms with van der Waals surface area (Å²) in [7, 11) is -3.33. The first-order valence-corrected chi connectivity index (χ1v) is 48.8. The van der Waals surface area contributed by atoms with Gasteiger partial charge in [-0.2, -0.15) is 68.5 Å². The summed E-state index contributed by atoms with van der Waals surface area (Å²) in [5.74, 6) is -2.97. The number of pyridine rings is 4. The maximum atomic E-state index is 13.3. The van der Waals surface area contributed by atoms with Crippen LogP contribution in [0.2, 0.25) is 0 Å². The summed E-state index contributed by atoms with van der Waals surface area (Å²) >= 11 is 0. The van der Waals surface area contributed by atoms with Crippen LogP contribution in [0.3, 0.4) is 0 Å². The number of sulfone groups is 1. The molecule has 4 aromatic heterocycles. The molecule has 4 amide bonds. The first kappa shape index (κ1) is 110. The van der Waals surface area contributed by atoms with Gasteiger partial charge in [0.2, 0.25) is 0 Å². The quantitative estimate of drug-likeness (QED) is 0.0458. The highest BCUT2D eigenvalue weighted by molar-refractivity contribution is 7.90. The number of rotatable bonds is 22. The van der Waals surface area contributed by atoms with Gasteiger partial charge in [0.1, 0.15) is 51.2 Å². The Labute approximate surface area is 847 Å². The molecule has 149 heavy (non-hydrogen) atoms. The summed E-state index contributed by atoms with van der Waals surface area (Å²) in [5.41, 5.74) is 6.64. The lowest BCUT2D eigenvalue weighted by Gasteiger charge is -2.29. The van der Waals surface area contributed by atoms with E-state index in [1.165, 1.54) is 66.8 Å². The van der Waals surface area contributed by atoms with Gasteiger partial charge in [0.15, 0.2) is 0 Å². The molecule has 16 rings (SSSR count). The van der Waals surface area contributed by atoms with Gasteiger partial charge in [-0.3, -0.25) is 52.1 Å².